The SMILES string of the molecule is CCc1ccc(N(C)c2ccc3c(c2)CC[C@H]3CCc2cnccc2C(=O)O)nc1. The number of anilines is 2. The lowest BCUT2D eigenvalue weighted by molar-refractivity contribution is 0.0695. The van der Waals surface area contributed by atoms with E-state index in [9.17, 15) is 9.90 Å². The Morgan fingerprint density at radius 2 is 2.07 bits per heavy atom. The zero-order chi connectivity index (χ0) is 21.1. The number of rotatable bonds is 7. The fraction of sp³-hybridized carbons (Fsp3) is 0.320. The molecule has 0 unspecified atom stereocenters. The highest BCUT2D eigenvalue weighted by molar-refractivity contribution is 5.89. The van der Waals surface area contributed by atoms with Crippen molar-refractivity contribution in [1.29, 1.82) is 0 Å². The van der Waals surface area contributed by atoms with Crippen LogP contribution in [0.4, 0.5) is 11.5 Å². The van der Waals surface area contributed by atoms with Crippen LogP contribution in [-0.2, 0) is 19.3 Å². The zero-order valence-electron chi connectivity index (χ0n) is 17.5. The maximum absolute atomic E-state index is 11.4. The Bertz CT molecular complexity index is 1050. The van der Waals surface area contributed by atoms with Crippen LogP contribution in [-0.4, -0.2) is 28.1 Å². The lowest BCUT2D eigenvalue weighted by atomic mass is 9.93. The summed E-state index contributed by atoms with van der Waals surface area (Å²) in [6, 6.07) is 12.5. The molecule has 0 bridgehead atoms. The van der Waals surface area contributed by atoms with Gasteiger partial charge in [-0.25, -0.2) is 9.78 Å². The molecule has 2 heterocycles. The quantitative estimate of drug-likeness (QED) is 0.592. The summed E-state index contributed by atoms with van der Waals surface area (Å²) < 4.78 is 0. The van der Waals surface area contributed by atoms with E-state index in [0.29, 0.717) is 11.5 Å². The molecule has 1 aliphatic rings. The van der Waals surface area contributed by atoms with Crippen molar-refractivity contribution in [2.45, 2.75) is 44.9 Å². The van der Waals surface area contributed by atoms with Gasteiger partial charge in [0, 0.05) is 31.3 Å². The Morgan fingerprint density at radius 3 is 2.80 bits per heavy atom. The smallest absolute Gasteiger partial charge is 0.336 e. The van der Waals surface area contributed by atoms with Crippen molar-refractivity contribution in [3.8, 4) is 0 Å². The molecule has 0 saturated heterocycles. The Labute approximate surface area is 177 Å². The number of carbonyl (C=O) groups is 1. The fourth-order valence-electron chi connectivity index (χ4n) is 4.32. The molecular formula is C25H27N3O2. The number of carboxylic acids is 1. The van der Waals surface area contributed by atoms with Gasteiger partial charge in [-0.1, -0.05) is 19.1 Å². The van der Waals surface area contributed by atoms with E-state index < -0.39 is 5.97 Å². The molecular weight excluding hydrogens is 374 g/mol. The molecule has 0 radical (unpaired) electrons. The van der Waals surface area contributed by atoms with Crippen molar-refractivity contribution in [2.24, 2.45) is 0 Å². The van der Waals surface area contributed by atoms with E-state index in [-0.39, 0.29) is 0 Å². The van der Waals surface area contributed by atoms with Gasteiger partial charge >= 0.3 is 5.97 Å². The maximum atomic E-state index is 11.4. The summed E-state index contributed by atoms with van der Waals surface area (Å²) in [5, 5.41) is 9.38. The van der Waals surface area contributed by atoms with E-state index in [1.54, 1.807) is 18.5 Å². The van der Waals surface area contributed by atoms with Crippen LogP contribution in [0.5, 0.6) is 0 Å². The average molecular weight is 402 g/mol. The van der Waals surface area contributed by atoms with E-state index in [0.717, 1.165) is 49.2 Å². The number of hydrogen-bond acceptors (Lipinski definition) is 4. The monoisotopic (exact) mass is 401 g/mol. The topological polar surface area (TPSA) is 66.3 Å². The summed E-state index contributed by atoms with van der Waals surface area (Å²) in [6.07, 6.45) is 10.00. The first-order chi connectivity index (χ1) is 14.6. The predicted molar refractivity (Wildman–Crippen MR) is 119 cm³/mol. The van der Waals surface area contributed by atoms with Gasteiger partial charge in [0.15, 0.2) is 0 Å². The largest absolute Gasteiger partial charge is 0.478 e. The minimum atomic E-state index is -0.882. The van der Waals surface area contributed by atoms with E-state index in [1.807, 2.05) is 6.20 Å². The Hall–Kier alpha value is -3.21. The van der Waals surface area contributed by atoms with Crippen molar-refractivity contribution in [1.82, 2.24) is 9.97 Å². The van der Waals surface area contributed by atoms with E-state index in [2.05, 4.69) is 59.2 Å². The fourth-order valence-corrected chi connectivity index (χ4v) is 4.32. The molecule has 5 heteroatoms. The molecule has 4 rings (SSSR count). The van der Waals surface area contributed by atoms with Crippen LogP contribution >= 0.6 is 0 Å². The van der Waals surface area contributed by atoms with Gasteiger partial charge in [0.2, 0.25) is 0 Å². The molecule has 1 aliphatic carbocycles. The van der Waals surface area contributed by atoms with Crippen LogP contribution in [0.3, 0.4) is 0 Å². The standard InChI is InChI=1S/C25H27N3O2/c1-3-17-4-11-24(27-15-17)28(2)21-9-10-22-18(5-7-19(22)14-21)6-8-20-16-26-13-12-23(20)25(29)30/h4,9-16,18H,3,5-8H2,1-2H3,(H,29,30)/t18-/m0/s1. The van der Waals surface area contributed by atoms with Crippen LogP contribution in [0.15, 0.2) is 55.0 Å². The van der Waals surface area contributed by atoms with Gasteiger partial charge in [0.25, 0.3) is 0 Å². The number of fused-ring (bicyclic) bond motifs is 1. The molecule has 1 aromatic carbocycles. The maximum Gasteiger partial charge on any atom is 0.336 e. The molecule has 1 atom stereocenters. The molecule has 154 valence electrons. The number of hydrogen-bond donors (Lipinski definition) is 1. The van der Waals surface area contributed by atoms with Gasteiger partial charge in [-0.3, -0.25) is 4.98 Å². The second-order valence-electron chi connectivity index (χ2n) is 7.93. The number of benzene rings is 1. The number of pyridine rings is 2. The summed E-state index contributed by atoms with van der Waals surface area (Å²) in [5.74, 6) is 0.523. The zero-order valence-corrected chi connectivity index (χ0v) is 17.5. The summed E-state index contributed by atoms with van der Waals surface area (Å²) in [7, 11) is 2.05. The molecule has 0 amide bonds. The first-order valence-electron chi connectivity index (χ1n) is 10.5. The number of carboxylic acid groups (broad SMARTS) is 1. The summed E-state index contributed by atoms with van der Waals surface area (Å²) >= 11 is 0. The molecule has 2 aromatic heterocycles. The number of aromatic nitrogens is 2. The average Bonchev–Trinajstić information content (AvgIpc) is 3.19. The first kappa shape index (κ1) is 20.1. The van der Waals surface area contributed by atoms with Gasteiger partial charge in [-0.15, -0.1) is 0 Å². The van der Waals surface area contributed by atoms with Gasteiger partial charge < -0.3 is 10.0 Å². The molecule has 0 fully saturated rings. The van der Waals surface area contributed by atoms with Crippen molar-refractivity contribution >= 4 is 17.5 Å². The molecule has 30 heavy (non-hydrogen) atoms. The van der Waals surface area contributed by atoms with Gasteiger partial charge in [-0.2, -0.15) is 0 Å². The Morgan fingerprint density at radius 1 is 1.20 bits per heavy atom. The van der Waals surface area contributed by atoms with Crippen molar-refractivity contribution < 1.29 is 9.90 Å². The normalized spacial score (nSPS) is 15.1. The van der Waals surface area contributed by atoms with Gasteiger partial charge in [0.05, 0.1) is 5.56 Å². The highest BCUT2D eigenvalue weighted by Crippen LogP contribution is 2.39. The second-order valence-corrected chi connectivity index (χ2v) is 7.93. The first-order valence-corrected chi connectivity index (χ1v) is 10.5. The van der Waals surface area contributed by atoms with Crippen LogP contribution in [0.25, 0.3) is 0 Å². The third-order valence-corrected chi connectivity index (χ3v) is 6.17. The summed E-state index contributed by atoms with van der Waals surface area (Å²) in [5.41, 5.74) is 6.34. The molecule has 0 saturated carbocycles. The highest BCUT2D eigenvalue weighted by Gasteiger charge is 2.24. The summed E-state index contributed by atoms with van der Waals surface area (Å²) in [4.78, 5) is 22.3. The Kier molecular flexibility index (Phi) is 5.79. The van der Waals surface area contributed by atoms with E-state index >= 15 is 0 Å². The molecule has 0 spiro atoms. The molecule has 5 nitrogen and oxygen atoms in total. The van der Waals surface area contributed by atoms with Crippen LogP contribution in [0.1, 0.15) is 58.3 Å². The van der Waals surface area contributed by atoms with Crippen LogP contribution < -0.4 is 4.90 Å². The van der Waals surface area contributed by atoms with E-state index in [4.69, 9.17) is 0 Å². The van der Waals surface area contributed by atoms with Gasteiger partial charge in [-0.05, 0) is 84.5 Å². The van der Waals surface area contributed by atoms with Crippen LogP contribution in [0.2, 0.25) is 0 Å². The van der Waals surface area contributed by atoms with Crippen molar-refractivity contribution in [3.05, 3.63) is 82.8 Å². The lowest BCUT2D eigenvalue weighted by Gasteiger charge is -2.20. The highest BCUT2D eigenvalue weighted by atomic mass is 16.4. The predicted octanol–water partition coefficient (Wildman–Crippen LogP) is 5.17. The van der Waals surface area contributed by atoms with Crippen molar-refractivity contribution in [2.75, 3.05) is 11.9 Å². The molecule has 3 aromatic rings. The third kappa shape index (κ3) is 4.06. The van der Waals surface area contributed by atoms with Crippen molar-refractivity contribution in [3.63, 3.8) is 0 Å². The third-order valence-electron chi connectivity index (χ3n) is 6.17. The lowest BCUT2D eigenvalue weighted by Crippen LogP contribution is -2.11. The summed E-state index contributed by atoms with van der Waals surface area (Å²) in [6.45, 7) is 2.13. The Balaban J connectivity index is 1.48. The second kappa shape index (κ2) is 8.66. The minimum Gasteiger partial charge on any atom is -0.478 e. The molecule has 0 aliphatic heterocycles. The number of aromatic carboxylic acids is 1. The van der Waals surface area contributed by atoms with Gasteiger partial charge in [0.1, 0.15) is 5.82 Å². The number of nitrogens with zero attached hydrogens (tertiary/aromatic N) is 3. The van der Waals surface area contributed by atoms with E-state index in [1.165, 1.54) is 16.7 Å². The minimum absolute atomic E-state index is 0.363. The van der Waals surface area contributed by atoms with Crippen LogP contribution in [0, 0.1) is 0 Å². The molecule has 1 N–H and O–H groups in total. The number of aryl methyl sites for hydroxylation is 3.